The van der Waals surface area contributed by atoms with Gasteiger partial charge in [-0.05, 0) is 43.9 Å². The summed E-state index contributed by atoms with van der Waals surface area (Å²) in [4.78, 5) is 37.0. The van der Waals surface area contributed by atoms with Crippen molar-refractivity contribution in [2.45, 2.75) is 44.9 Å². The van der Waals surface area contributed by atoms with Crippen LogP contribution in [0, 0.1) is 13.8 Å². The van der Waals surface area contributed by atoms with Crippen LogP contribution in [0.2, 0.25) is 0 Å². The fourth-order valence-corrected chi connectivity index (χ4v) is 3.89. The first kappa shape index (κ1) is 20.6. The lowest BCUT2D eigenvalue weighted by atomic mass is 9.79. The lowest BCUT2D eigenvalue weighted by molar-refractivity contribution is -0.154. The van der Waals surface area contributed by atoms with E-state index in [0.29, 0.717) is 18.5 Å². The Morgan fingerprint density at radius 1 is 1.00 bits per heavy atom. The standard InChI is InChI=1S/C23H26N2O4/c1-16-10-11-19(17(2)14-16)24-22(28)25-20(26)15-29-21(27)23(12-6-7-13-23)18-8-4-3-5-9-18/h3-5,8-11,14H,6-7,12-13,15H2,1-2H3,(H2,24,25,26,28). The number of rotatable bonds is 5. The van der Waals surface area contributed by atoms with Gasteiger partial charge in [-0.15, -0.1) is 0 Å². The Morgan fingerprint density at radius 3 is 2.34 bits per heavy atom. The molecule has 0 radical (unpaired) electrons. The van der Waals surface area contributed by atoms with Crippen molar-refractivity contribution in [3.8, 4) is 0 Å². The van der Waals surface area contributed by atoms with E-state index in [1.807, 2.05) is 56.3 Å². The Morgan fingerprint density at radius 2 is 1.69 bits per heavy atom. The Labute approximate surface area is 170 Å². The second-order valence-electron chi connectivity index (χ2n) is 7.55. The third kappa shape index (κ3) is 4.83. The summed E-state index contributed by atoms with van der Waals surface area (Å²) in [5, 5.41) is 4.84. The van der Waals surface area contributed by atoms with Crippen LogP contribution in [0.1, 0.15) is 42.4 Å². The SMILES string of the molecule is Cc1ccc(NC(=O)NC(=O)COC(=O)C2(c3ccccc3)CCCC2)c(C)c1. The Balaban J connectivity index is 1.55. The van der Waals surface area contributed by atoms with Crippen LogP contribution in [0.4, 0.5) is 10.5 Å². The maximum Gasteiger partial charge on any atom is 0.325 e. The largest absolute Gasteiger partial charge is 0.455 e. The smallest absolute Gasteiger partial charge is 0.325 e. The van der Waals surface area contributed by atoms with Crippen molar-refractivity contribution in [3.05, 3.63) is 65.2 Å². The van der Waals surface area contributed by atoms with Gasteiger partial charge in [-0.2, -0.15) is 0 Å². The van der Waals surface area contributed by atoms with Crippen molar-refractivity contribution in [2.24, 2.45) is 0 Å². The molecule has 6 heteroatoms. The van der Waals surface area contributed by atoms with E-state index in [2.05, 4.69) is 10.6 Å². The van der Waals surface area contributed by atoms with E-state index in [1.54, 1.807) is 6.07 Å². The number of hydrogen-bond donors (Lipinski definition) is 2. The van der Waals surface area contributed by atoms with Gasteiger partial charge in [-0.3, -0.25) is 14.9 Å². The number of anilines is 1. The average Bonchev–Trinajstić information content (AvgIpc) is 3.20. The summed E-state index contributed by atoms with van der Waals surface area (Å²) in [6.07, 6.45) is 3.28. The molecule has 0 atom stereocenters. The lowest BCUT2D eigenvalue weighted by Crippen LogP contribution is -2.40. The summed E-state index contributed by atoms with van der Waals surface area (Å²) >= 11 is 0. The van der Waals surface area contributed by atoms with Gasteiger partial charge in [0.25, 0.3) is 5.91 Å². The van der Waals surface area contributed by atoms with Gasteiger partial charge in [-0.25, -0.2) is 4.79 Å². The van der Waals surface area contributed by atoms with Crippen LogP contribution in [0.15, 0.2) is 48.5 Å². The van der Waals surface area contributed by atoms with Gasteiger partial charge >= 0.3 is 12.0 Å². The maximum absolute atomic E-state index is 12.8. The molecule has 1 fully saturated rings. The van der Waals surface area contributed by atoms with E-state index in [4.69, 9.17) is 4.74 Å². The molecule has 152 valence electrons. The number of carbonyl (C=O) groups excluding carboxylic acids is 3. The highest BCUT2D eigenvalue weighted by molar-refractivity contribution is 6.02. The molecule has 0 saturated heterocycles. The zero-order valence-electron chi connectivity index (χ0n) is 16.8. The summed E-state index contributed by atoms with van der Waals surface area (Å²) < 4.78 is 5.31. The number of aryl methyl sites for hydroxylation is 2. The number of imide groups is 1. The van der Waals surface area contributed by atoms with Crippen LogP contribution in [-0.4, -0.2) is 24.5 Å². The van der Waals surface area contributed by atoms with Gasteiger partial charge < -0.3 is 10.1 Å². The molecular formula is C23H26N2O4. The Kier molecular flexibility index (Phi) is 6.32. The van der Waals surface area contributed by atoms with Gasteiger partial charge in [0.1, 0.15) is 0 Å². The summed E-state index contributed by atoms with van der Waals surface area (Å²) in [5.41, 5.74) is 2.80. The van der Waals surface area contributed by atoms with Gasteiger partial charge in [0, 0.05) is 5.69 Å². The second kappa shape index (κ2) is 8.90. The van der Waals surface area contributed by atoms with Crippen LogP contribution < -0.4 is 10.6 Å². The molecule has 0 aromatic heterocycles. The van der Waals surface area contributed by atoms with Crippen LogP contribution in [0.25, 0.3) is 0 Å². The third-order valence-electron chi connectivity index (χ3n) is 5.39. The predicted molar refractivity (Wildman–Crippen MR) is 111 cm³/mol. The summed E-state index contributed by atoms with van der Waals surface area (Å²) in [5.74, 6) is -1.08. The van der Waals surface area contributed by atoms with Crippen LogP contribution in [0.3, 0.4) is 0 Å². The molecule has 0 unspecified atom stereocenters. The summed E-state index contributed by atoms with van der Waals surface area (Å²) in [6, 6.07) is 14.5. The number of carbonyl (C=O) groups is 3. The molecular weight excluding hydrogens is 368 g/mol. The van der Waals surface area contributed by atoms with Crippen molar-refractivity contribution < 1.29 is 19.1 Å². The van der Waals surface area contributed by atoms with Crippen molar-refractivity contribution >= 4 is 23.6 Å². The molecule has 2 aromatic rings. The average molecular weight is 394 g/mol. The van der Waals surface area contributed by atoms with Crippen molar-refractivity contribution in [2.75, 3.05) is 11.9 Å². The fourth-order valence-electron chi connectivity index (χ4n) is 3.89. The first-order valence-corrected chi connectivity index (χ1v) is 9.81. The molecule has 0 spiro atoms. The molecule has 1 aliphatic carbocycles. The van der Waals surface area contributed by atoms with E-state index in [-0.39, 0.29) is 0 Å². The molecule has 6 nitrogen and oxygen atoms in total. The monoisotopic (exact) mass is 394 g/mol. The van der Waals surface area contributed by atoms with E-state index in [1.165, 1.54) is 0 Å². The van der Waals surface area contributed by atoms with E-state index in [0.717, 1.165) is 29.5 Å². The Hall–Kier alpha value is -3.15. The Bertz CT molecular complexity index is 902. The van der Waals surface area contributed by atoms with Gasteiger partial charge in [0.15, 0.2) is 6.61 Å². The van der Waals surface area contributed by atoms with Crippen LogP contribution >= 0.6 is 0 Å². The third-order valence-corrected chi connectivity index (χ3v) is 5.39. The number of amides is 3. The van der Waals surface area contributed by atoms with Crippen molar-refractivity contribution in [1.82, 2.24) is 5.32 Å². The van der Waals surface area contributed by atoms with E-state index < -0.39 is 29.9 Å². The summed E-state index contributed by atoms with van der Waals surface area (Å²) in [7, 11) is 0. The van der Waals surface area contributed by atoms with Gasteiger partial charge in [0.05, 0.1) is 5.41 Å². The topological polar surface area (TPSA) is 84.5 Å². The minimum absolute atomic E-state index is 0.411. The normalized spacial score (nSPS) is 14.8. The number of esters is 1. The van der Waals surface area contributed by atoms with E-state index >= 15 is 0 Å². The number of nitrogens with one attached hydrogen (secondary N) is 2. The molecule has 2 N–H and O–H groups in total. The highest BCUT2D eigenvalue weighted by atomic mass is 16.5. The molecule has 0 aliphatic heterocycles. The zero-order valence-corrected chi connectivity index (χ0v) is 16.8. The van der Waals surface area contributed by atoms with Crippen molar-refractivity contribution in [1.29, 1.82) is 0 Å². The second-order valence-corrected chi connectivity index (χ2v) is 7.55. The number of hydrogen-bond acceptors (Lipinski definition) is 4. The minimum Gasteiger partial charge on any atom is -0.455 e. The molecule has 29 heavy (non-hydrogen) atoms. The molecule has 1 saturated carbocycles. The van der Waals surface area contributed by atoms with Crippen LogP contribution in [0.5, 0.6) is 0 Å². The number of benzene rings is 2. The molecule has 3 amide bonds. The summed E-state index contributed by atoms with van der Waals surface area (Å²) in [6.45, 7) is 3.34. The van der Waals surface area contributed by atoms with Crippen molar-refractivity contribution in [3.63, 3.8) is 0 Å². The fraction of sp³-hybridized carbons (Fsp3) is 0.348. The maximum atomic E-state index is 12.8. The highest BCUT2D eigenvalue weighted by Crippen LogP contribution is 2.42. The number of urea groups is 1. The first-order chi connectivity index (χ1) is 13.9. The molecule has 3 rings (SSSR count). The van der Waals surface area contributed by atoms with Crippen LogP contribution in [-0.2, 0) is 19.7 Å². The van der Waals surface area contributed by atoms with Gasteiger partial charge in [-0.1, -0.05) is 60.9 Å². The number of ether oxygens (including phenoxy) is 1. The first-order valence-electron chi connectivity index (χ1n) is 9.81. The molecule has 0 bridgehead atoms. The quantitative estimate of drug-likeness (QED) is 0.751. The molecule has 0 heterocycles. The zero-order chi connectivity index (χ0) is 20.9. The minimum atomic E-state index is -0.706. The molecule has 1 aliphatic rings. The molecule has 2 aromatic carbocycles. The lowest BCUT2D eigenvalue weighted by Gasteiger charge is -2.27. The highest BCUT2D eigenvalue weighted by Gasteiger charge is 2.44. The predicted octanol–water partition coefficient (Wildman–Crippen LogP) is 4.01. The van der Waals surface area contributed by atoms with Gasteiger partial charge in [0.2, 0.25) is 0 Å². The van der Waals surface area contributed by atoms with E-state index in [9.17, 15) is 14.4 Å².